The van der Waals surface area contributed by atoms with E-state index in [0.717, 1.165) is 41.3 Å². The molecular formula is C29H38N4O3. The Kier molecular flexibility index (Phi) is 7.38. The van der Waals surface area contributed by atoms with Crippen molar-refractivity contribution in [3.63, 3.8) is 0 Å². The van der Waals surface area contributed by atoms with Gasteiger partial charge in [0.15, 0.2) is 0 Å². The molecule has 1 saturated carbocycles. The first-order chi connectivity index (χ1) is 17.0. The van der Waals surface area contributed by atoms with Crippen LogP contribution in [0, 0.1) is 11.3 Å². The molecule has 1 aromatic heterocycles. The molecule has 0 bridgehead atoms. The molecule has 36 heavy (non-hydrogen) atoms. The molecule has 1 aliphatic carbocycles. The summed E-state index contributed by atoms with van der Waals surface area (Å²) in [5, 5.41) is 11.6. The van der Waals surface area contributed by atoms with Crippen molar-refractivity contribution in [2.24, 2.45) is 18.4 Å². The molecule has 1 heterocycles. The lowest BCUT2D eigenvalue weighted by Crippen LogP contribution is -2.41. The summed E-state index contributed by atoms with van der Waals surface area (Å²) in [6, 6.07) is 15.1. The molecule has 7 heteroatoms. The molecule has 1 atom stereocenters. The third kappa shape index (κ3) is 5.55. The number of carbonyl (C=O) groups excluding carboxylic acids is 1. The molecule has 0 saturated heterocycles. The number of carboxylic acids is 1. The predicted molar refractivity (Wildman–Crippen MR) is 143 cm³/mol. The molecule has 4 rings (SSSR count). The van der Waals surface area contributed by atoms with Crippen LogP contribution >= 0.6 is 0 Å². The topological polar surface area (TPSA) is 87.5 Å². The van der Waals surface area contributed by atoms with E-state index < -0.39 is 12.0 Å². The van der Waals surface area contributed by atoms with Crippen molar-refractivity contribution in [2.45, 2.75) is 72.0 Å². The molecule has 2 N–H and O–H groups in total. The maximum atomic E-state index is 12.4. The van der Waals surface area contributed by atoms with Gasteiger partial charge < -0.3 is 19.9 Å². The Morgan fingerprint density at radius 1 is 1.08 bits per heavy atom. The number of benzene rings is 2. The zero-order valence-corrected chi connectivity index (χ0v) is 22.0. The Bertz CT molecular complexity index is 1220. The summed E-state index contributed by atoms with van der Waals surface area (Å²) in [5.74, 6) is 0.248. The Morgan fingerprint density at radius 2 is 1.72 bits per heavy atom. The third-order valence-electron chi connectivity index (χ3n) is 7.67. The Hall–Kier alpha value is -3.35. The second-order valence-corrected chi connectivity index (χ2v) is 11.2. The molecule has 0 aliphatic heterocycles. The number of aryl methyl sites for hydroxylation is 1. The van der Waals surface area contributed by atoms with E-state index >= 15 is 0 Å². The average molecular weight is 491 g/mol. The zero-order chi connectivity index (χ0) is 26.0. The summed E-state index contributed by atoms with van der Waals surface area (Å²) in [4.78, 5) is 30.9. The van der Waals surface area contributed by atoms with Crippen LogP contribution in [0.25, 0.3) is 11.0 Å². The number of carbonyl (C=O) groups is 2. The number of fused-ring (bicyclic) bond motifs is 1. The highest BCUT2D eigenvalue weighted by Gasteiger charge is 2.33. The Balaban J connectivity index is 1.58. The number of imidazole rings is 1. The van der Waals surface area contributed by atoms with Gasteiger partial charge in [-0.1, -0.05) is 45.0 Å². The van der Waals surface area contributed by atoms with E-state index in [9.17, 15) is 9.59 Å². The van der Waals surface area contributed by atoms with E-state index in [1.807, 2.05) is 24.3 Å². The van der Waals surface area contributed by atoms with E-state index in [1.165, 1.54) is 19.8 Å². The van der Waals surface area contributed by atoms with Gasteiger partial charge in [-0.3, -0.25) is 9.59 Å². The number of anilines is 1. The molecule has 7 nitrogen and oxygen atoms in total. The second kappa shape index (κ2) is 10.3. The number of amides is 1. The predicted octanol–water partition coefficient (Wildman–Crippen LogP) is 5.39. The Morgan fingerprint density at radius 3 is 2.31 bits per heavy atom. The van der Waals surface area contributed by atoms with Gasteiger partial charge in [0.2, 0.25) is 5.95 Å². The van der Waals surface area contributed by atoms with E-state index in [1.54, 1.807) is 12.1 Å². The van der Waals surface area contributed by atoms with Gasteiger partial charge in [0.1, 0.15) is 6.04 Å². The summed E-state index contributed by atoms with van der Waals surface area (Å²) < 4.78 is 2.18. The smallest absolute Gasteiger partial charge is 0.325 e. The summed E-state index contributed by atoms with van der Waals surface area (Å²) >= 11 is 0. The number of hydrogen-bond acceptors (Lipinski definition) is 4. The minimum Gasteiger partial charge on any atom is -0.480 e. The van der Waals surface area contributed by atoms with Crippen LogP contribution < -0.4 is 10.2 Å². The first-order valence-electron chi connectivity index (χ1n) is 12.9. The molecule has 1 amide bonds. The first kappa shape index (κ1) is 25.7. The number of hydrogen-bond donors (Lipinski definition) is 2. The highest BCUT2D eigenvalue weighted by molar-refractivity contribution is 5.96. The van der Waals surface area contributed by atoms with Gasteiger partial charge in [-0.2, -0.15) is 0 Å². The fourth-order valence-corrected chi connectivity index (χ4v) is 5.31. The lowest BCUT2D eigenvalue weighted by molar-refractivity contribution is -0.138. The average Bonchev–Trinajstić information content (AvgIpc) is 3.18. The molecule has 192 valence electrons. The second-order valence-electron chi connectivity index (χ2n) is 11.2. The molecule has 3 aromatic rings. The van der Waals surface area contributed by atoms with Gasteiger partial charge in [0, 0.05) is 25.2 Å². The first-order valence-corrected chi connectivity index (χ1v) is 12.9. The molecular weight excluding hydrogens is 452 g/mol. The molecule has 0 unspecified atom stereocenters. The lowest BCUT2D eigenvalue weighted by atomic mass is 9.71. The summed E-state index contributed by atoms with van der Waals surface area (Å²) in [6.45, 7) is 9.18. The quantitative estimate of drug-likeness (QED) is 0.464. The fourth-order valence-electron chi connectivity index (χ4n) is 5.31. The zero-order valence-electron chi connectivity index (χ0n) is 22.0. The molecule has 1 fully saturated rings. The van der Waals surface area contributed by atoms with Gasteiger partial charge in [-0.25, -0.2) is 4.98 Å². The maximum absolute atomic E-state index is 12.4. The number of nitrogens with zero attached hydrogens (tertiary/aromatic N) is 3. The standard InChI is InChI=1S/C29H38N4O3/c1-19(27(35)36)30-26(34)21-12-10-20(11-13-21)18-33(23-16-14-22(15-17-23)29(2,3)4)28-31-24-8-6-7-9-25(24)32(28)5/h6-13,19,22-23H,14-18H2,1-5H3,(H,30,34)(H,35,36)/t19-,22?,23?/m0/s1. The number of aliphatic carboxylic acids is 1. The van der Waals surface area contributed by atoms with Gasteiger partial charge in [-0.05, 0) is 73.8 Å². The number of carboxylic acid groups (broad SMARTS) is 1. The fraction of sp³-hybridized carbons (Fsp3) is 0.483. The van der Waals surface area contributed by atoms with Gasteiger partial charge in [0.25, 0.3) is 5.91 Å². The molecule has 2 aromatic carbocycles. The number of para-hydroxylation sites is 2. The number of aromatic nitrogens is 2. The van der Waals surface area contributed by atoms with Crippen molar-refractivity contribution in [1.82, 2.24) is 14.9 Å². The van der Waals surface area contributed by atoms with Gasteiger partial charge in [0.05, 0.1) is 11.0 Å². The monoisotopic (exact) mass is 490 g/mol. The van der Waals surface area contributed by atoms with Crippen LogP contribution in [0.5, 0.6) is 0 Å². The Labute approximate surface area is 213 Å². The lowest BCUT2D eigenvalue weighted by Gasteiger charge is -2.41. The van der Waals surface area contributed by atoms with Crippen LogP contribution in [0.3, 0.4) is 0 Å². The van der Waals surface area contributed by atoms with Crippen molar-refractivity contribution in [2.75, 3.05) is 4.90 Å². The van der Waals surface area contributed by atoms with Gasteiger partial charge in [-0.15, -0.1) is 0 Å². The number of rotatable bonds is 7. The molecule has 1 aliphatic rings. The van der Waals surface area contributed by atoms with Crippen molar-refractivity contribution in [3.05, 3.63) is 59.7 Å². The maximum Gasteiger partial charge on any atom is 0.325 e. The van der Waals surface area contributed by atoms with E-state index in [2.05, 4.69) is 54.7 Å². The SMILES string of the molecule is C[C@H](NC(=O)c1ccc(CN(c2nc3ccccc3n2C)C2CCC(C(C)(C)C)CC2)cc1)C(=O)O. The highest BCUT2D eigenvalue weighted by atomic mass is 16.4. The molecule has 0 radical (unpaired) electrons. The van der Waals surface area contributed by atoms with Crippen LogP contribution in [0.2, 0.25) is 0 Å². The van der Waals surface area contributed by atoms with Crippen molar-refractivity contribution < 1.29 is 14.7 Å². The van der Waals surface area contributed by atoms with E-state index in [4.69, 9.17) is 10.1 Å². The van der Waals surface area contributed by atoms with Crippen LogP contribution in [0.4, 0.5) is 5.95 Å². The van der Waals surface area contributed by atoms with Crippen molar-refractivity contribution in [3.8, 4) is 0 Å². The summed E-state index contributed by atoms with van der Waals surface area (Å²) in [7, 11) is 2.08. The third-order valence-corrected chi connectivity index (χ3v) is 7.67. The van der Waals surface area contributed by atoms with Crippen LogP contribution in [-0.4, -0.2) is 38.6 Å². The minimum atomic E-state index is -1.06. The van der Waals surface area contributed by atoms with Gasteiger partial charge >= 0.3 is 5.97 Å². The summed E-state index contributed by atoms with van der Waals surface area (Å²) in [5.41, 5.74) is 3.96. The van der Waals surface area contributed by atoms with E-state index in [0.29, 0.717) is 23.6 Å². The van der Waals surface area contributed by atoms with Crippen LogP contribution in [-0.2, 0) is 18.4 Å². The molecule has 0 spiro atoms. The van der Waals surface area contributed by atoms with Crippen LogP contribution in [0.1, 0.15) is 69.3 Å². The largest absolute Gasteiger partial charge is 0.480 e. The van der Waals surface area contributed by atoms with Crippen molar-refractivity contribution in [1.29, 1.82) is 0 Å². The minimum absolute atomic E-state index is 0.322. The number of nitrogens with one attached hydrogen (secondary N) is 1. The van der Waals surface area contributed by atoms with Crippen molar-refractivity contribution >= 4 is 28.9 Å². The van der Waals surface area contributed by atoms with Crippen LogP contribution in [0.15, 0.2) is 48.5 Å². The normalized spacial score (nSPS) is 19.1. The highest BCUT2D eigenvalue weighted by Crippen LogP contribution is 2.40. The van der Waals surface area contributed by atoms with E-state index in [-0.39, 0.29) is 5.91 Å². The summed E-state index contributed by atoms with van der Waals surface area (Å²) in [6.07, 6.45) is 4.66.